The van der Waals surface area contributed by atoms with Crippen LogP contribution in [0, 0.1) is 6.92 Å². The van der Waals surface area contributed by atoms with E-state index >= 15 is 0 Å². The minimum absolute atomic E-state index is 0.255. The Hall–Kier alpha value is -1.33. The van der Waals surface area contributed by atoms with Crippen molar-refractivity contribution in [2.24, 2.45) is 0 Å². The van der Waals surface area contributed by atoms with Crippen LogP contribution in [0.5, 0.6) is 0 Å². The van der Waals surface area contributed by atoms with Gasteiger partial charge in [-0.3, -0.25) is 4.90 Å². The number of carboxylic acid groups (broad SMARTS) is 1. The SMILES string of the molecule is CCC1CN(Cc2cc(C(=O)O)c(C)o2)CCO1. The molecule has 5 heteroatoms. The average Bonchev–Trinajstić information content (AvgIpc) is 2.70. The molecule has 0 aliphatic carbocycles. The summed E-state index contributed by atoms with van der Waals surface area (Å²) in [5.41, 5.74) is 0.255. The lowest BCUT2D eigenvalue weighted by molar-refractivity contribution is -0.0342. The van der Waals surface area contributed by atoms with Gasteiger partial charge in [0.25, 0.3) is 0 Å². The molecule has 0 bridgehead atoms. The Morgan fingerprint density at radius 2 is 2.39 bits per heavy atom. The molecule has 18 heavy (non-hydrogen) atoms. The summed E-state index contributed by atoms with van der Waals surface area (Å²) in [6.07, 6.45) is 1.27. The number of nitrogens with zero attached hydrogens (tertiary/aromatic N) is 1. The molecule has 2 heterocycles. The third kappa shape index (κ3) is 2.91. The van der Waals surface area contributed by atoms with E-state index in [2.05, 4.69) is 11.8 Å². The fraction of sp³-hybridized carbons (Fsp3) is 0.615. The second-order valence-corrected chi connectivity index (χ2v) is 4.62. The molecule has 1 fully saturated rings. The van der Waals surface area contributed by atoms with Crippen molar-refractivity contribution in [1.29, 1.82) is 0 Å². The Labute approximate surface area is 106 Å². The van der Waals surface area contributed by atoms with Crippen molar-refractivity contribution in [3.63, 3.8) is 0 Å². The zero-order valence-corrected chi connectivity index (χ0v) is 10.8. The number of aromatic carboxylic acids is 1. The zero-order valence-electron chi connectivity index (χ0n) is 10.8. The van der Waals surface area contributed by atoms with Crippen molar-refractivity contribution in [1.82, 2.24) is 4.90 Å². The van der Waals surface area contributed by atoms with Crippen LogP contribution in [0.15, 0.2) is 10.5 Å². The van der Waals surface area contributed by atoms with Gasteiger partial charge >= 0.3 is 5.97 Å². The molecule has 1 aromatic rings. The number of aryl methyl sites for hydroxylation is 1. The molecule has 0 aromatic carbocycles. The average molecular weight is 253 g/mol. The van der Waals surface area contributed by atoms with Gasteiger partial charge in [0.15, 0.2) is 0 Å². The Morgan fingerprint density at radius 3 is 3.00 bits per heavy atom. The lowest BCUT2D eigenvalue weighted by atomic mass is 10.2. The van der Waals surface area contributed by atoms with Crippen LogP contribution in [0.2, 0.25) is 0 Å². The fourth-order valence-electron chi connectivity index (χ4n) is 2.23. The van der Waals surface area contributed by atoms with Crippen LogP contribution in [-0.4, -0.2) is 41.8 Å². The van der Waals surface area contributed by atoms with Crippen LogP contribution < -0.4 is 0 Å². The Bertz CT molecular complexity index is 427. The first-order valence-corrected chi connectivity index (χ1v) is 6.26. The van der Waals surface area contributed by atoms with Crippen molar-refractivity contribution >= 4 is 5.97 Å². The molecule has 1 N–H and O–H groups in total. The molecular weight excluding hydrogens is 234 g/mol. The van der Waals surface area contributed by atoms with Gasteiger partial charge in [-0.2, -0.15) is 0 Å². The molecule has 0 radical (unpaired) electrons. The minimum atomic E-state index is -0.934. The van der Waals surface area contributed by atoms with Gasteiger partial charge in [0.1, 0.15) is 17.1 Å². The first-order valence-electron chi connectivity index (χ1n) is 6.26. The van der Waals surface area contributed by atoms with Gasteiger partial charge in [0, 0.05) is 13.1 Å². The Kier molecular flexibility index (Phi) is 4.04. The molecule has 1 aliphatic heterocycles. The summed E-state index contributed by atoms with van der Waals surface area (Å²) in [6.45, 7) is 6.89. The molecule has 1 aliphatic rings. The van der Waals surface area contributed by atoms with Crippen molar-refractivity contribution < 1.29 is 19.1 Å². The molecular formula is C13H19NO4. The number of carboxylic acids is 1. The topological polar surface area (TPSA) is 62.9 Å². The minimum Gasteiger partial charge on any atom is -0.478 e. The number of ether oxygens (including phenoxy) is 1. The number of morpholine rings is 1. The van der Waals surface area contributed by atoms with Crippen LogP contribution in [-0.2, 0) is 11.3 Å². The summed E-state index contributed by atoms with van der Waals surface area (Å²) < 4.78 is 11.1. The highest BCUT2D eigenvalue weighted by atomic mass is 16.5. The summed E-state index contributed by atoms with van der Waals surface area (Å²) in [4.78, 5) is 13.2. The van der Waals surface area contributed by atoms with Gasteiger partial charge in [0.2, 0.25) is 0 Å². The first kappa shape index (κ1) is 13.1. The second kappa shape index (κ2) is 5.54. The third-order valence-electron chi connectivity index (χ3n) is 3.26. The molecule has 1 aromatic heterocycles. The molecule has 100 valence electrons. The summed E-state index contributed by atoms with van der Waals surface area (Å²) in [5.74, 6) is 0.246. The van der Waals surface area contributed by atoms with Gasteiger partial charge in [0.05, 0.1) is 19.3 Å². The van der Waals surface area contributed by atoms with E-state index in [0.717, 1.165) is 26.1 Å². The van der Waals surface area contributed by atoms with Gasteiger partial charge in [-0.25, -0.2) is 4.79 Å². The van der Waals surface area contributed by atoms with E-state index in [0.29, 0.717) is 18.1 Å². The molecule has 1 unspecified atom stereocenters. The lowest BCUT2D eigenvalue weighted by Gasteiger charge is -2.31. The number of hydrogen-bond donors (Lipinski definition) is 1. The van der Waals surface area contributed by atoms with Crippen LogP contribution in [0.3, 0.4) is 0 Å². The quantitative estimate of drug-likeness (QED) is 0.887. The maximum absolute atomic E-state index is 10.9. The lowest BCUT2D eigenvalue weighted by Crippen LogP contribution is -2.41. The molecule has 2 rings (SSSR count). The molecule has 0 spiro atoms. The maximum Gasteiger partial charge on any atom is 0.339 e. The van der Waals surface area contributed by atoms with E-state index in [-0.39, 0.29) is 11.7 Å². The molecule has 0 saturated carbocycles. The fourth-order valence-corrected chi connectivity index (χ4v) is 2.23. The summed E-state index contributed by atoms with van der Waals surface area (Å²) >= 11 is 0. The van der Waals surface area contributed by atoms with Crippen molar-refractivity contribution in [3.8, 4) is 0 Å². The van der Waals surface area contributed by atoms with Crippen LogP contribution in [0.1, 0.15) is 35.2 Å². The van der Waals surface area contributed by atoms with E-state index in [1.807, 2.05) is 0 Å². The van der Waals surface area contributed by atoms with E-state index in [1.165, 1.54) is 0 Å². The van der Waals surface area contributed by atoms with Gasteiger partial charge in [-0.05, 0) is 19.4 Å². The summed E-state index contributed by atoms with van der Waals surface area (Å²) in [5, 5.41) is 8.97. The molecule has 1 atom stereocenters. The highest BCUT2D eigenvalue weighted by molar-refractivity contribution is 5.88. The van der Waals surface area contributed by atoms with Gasteiger partial charge in [-0.1, -0.05) is 6.92 Å². The second-order valence-electron chi connectivity index (χ2n) is 4.62. The van der Waals surface area contributed by atoms with E-state index in [9.17, 15) is 4.79 Å². The van der Waals surface area contributed by atoms with Crippen LogP contribution in [0.25, 0.3) is 0 Å². The normalized spacial score (nSPS) is 21.1. The Morgan fingerprint density at radius 1 is 1.61 bits per heavy atom. The Balaban J connectivity index is 2.00. The van der Waals surface area contributed by atoms with Crippen molar-refractivity contribution in [3.05, 3.63) is 23.2 Å². The predicted molar refractivity (Wildman–Crippen MR) is 65.7 cm³/mol. The summed E-state index contributed by atoms with van der Waals surface area (Å²) in [7, 11) is 0. The van der Waals surface area contributed by atoms with E-state index in [4.69, 9.17) is 14.3 Å². The number of rotatable bonds is 4. The third-order valence-corrected chi connectivity index (χ3v) is 3.26. The number of hydrogen-bond acceptors (Lipinski definition) is 4. The molecule has 1 saturated heterocycles. The van der Waals surface area contributed by atoms with Gasteiger partial charge in [-0.15, -0.1) is 0 Å². The van der Waals surface area contributed by atoms with Crippen molar-refractivity contribution in [2.45, 2.75) is 32.9 Å². The van der Waals surface area contributed by atoms with E-state index < -0.39 is 5.97 Å². The number of furan rings is 1. The smallest absolute Gasteiger partial charge is 0.339 e. The predicted octanol–water partition coefficient (Wildman–Crippen LogP) is 1.90. The largest absolute Gasteiger partial charge is 0.478 e. The summed E-state index contributed by atoms with van der Waals surface area (Å²) in [6, 6.07) is 1.62. The standard InChI is InChI=1S/C13H19NO4/c1-3-10-7-14(4-5-17-10)8-11-6-12(13(15)16)9(2)18-11/h6,10H,3-5,7-8H2,1-2H3,(H,15,16). The molecule has 5 nitrogen and oxygen atoms in total. The van der Waals surface area contributed by atoms with Crippen LogP contribution >= 0.6 is 0 Å². The molecule has 0 amide bonds. The monoisotopic (exact) mass is 253 g/mol. The zero-order chi connectivity index (χ0) is 13.1. The first-order chi connectivity index (χ1) is 8.60. The number of carbonyl (C=O) groups is 1. The highest BCUT2D eigenvalue weighted by Gasteiger charge is 2.21. The van der Waals surface area contributed by atoms with Crippen LogP contribution in [0.4, 0.5) is 0 Å². The highest BCUT2D eigenvalue weighted by Crippen LogP contribution is 2.18. The van der Waals surface area contributed by atoms with Gasteiger partial charge < -0.3 is 14.3 Å². The maximum atomic E-state index is 10.9. The van der Waals surface area contributed by atoms with Crippen molar-refractivity contribution in [2.75, 3.05) is 19.7 Å². The van der Waals surface area contributed by atoms with E-state index in [1.54, 1.807) is 13.0 Å².